The number of rotatable bonds is 4. The minimum absolute atomic E-state index is 0.0446. The van der Waals surface area contributed by atoms with Gasteiger partial charge in [-0.3, -0.25) is 9.59 Å². The average Bonchev–Trinajstić information content (AvgIpc) is 3.06. The van der Waals surface area contributed by atoms with Crippen molar-refractivity contribution in [3.63, 3.8) is 0 Å². The van der Waals surface area contributed by atoms with E-state index in [4.69, 9.17) is 0 Å². The van der Waals surface area contributed by atoms with E-state index in [1.165, 1.54) is 5.56 Å². The van der Waals surface area contributed by atoms with Gasteiger partial charge in [-0.25, -0.2) is 5.10 Å². The van der Waals surface area contributed by atoms with E-state index in [1.807, 2.05) is 53.1 Å². The van der Waals surface area contributed by atoms with Gasteiger partial charge in [0.1, 0.15) is 0 Å². The standard InChI is InChI=1S/C21H21N3O2S/c1-21(14-15-7-3-2-4-8-15)24(11-12-27-21)19(25)13-18-16-9-5-6-10-17(16)20(26)23-22-18/h2-10H,11-14H2,1H3,(H,23,26). The highest BCUT2D eigenvalue weighted by atomic mass is 32.2. The van der Waals surface area contributed by atoms with Crippen molar-refractivity contribution in [2.45, 2.75) is 24.6 Å². The normalized spacial score (nSPS) is 19.5. The molecule has 0 radical (unpaired) electrons. The molecule has 1 unspecified atom stereocenters. The summed E-state index contributed by atoms with van der Waals surface area (Å²) in [5.41, 5.74) is 1.61. The van der Waals surface area contributed by atoms with Crippen molar-refractivity contribution in [1.82, 2.24) is 15.1 Å². The summed E-state index contributed by atoms with van der Waals surface area (Å²) in [6, 6.07) is 17.6. The minimum Gasteiger partial charge on any atom is -0.327 e. The topological polar surface area (TPSA) is 66.1 Å². The third-order valence-corrected chi connectivity index (χ3v) is 6.44. The molecule has 1 aromatic heterocycles. The molecule has 1 aliphatic heterocycles. The van der Waals surface area contributed by atoms with Crippen LogP contribution in [0.3, 0.4) is 0 Å². The van der Waals surface area contributed by atoms with E-state index >= 15 is 0 Å². The van der Waals surface area contributed by atoms with Gasteiger partial charge in [0, 0.05) is 24.1 Å². The van der Waals surface area contributed by atoms with Crippen LogP contribution >= 0.6 is 11.8 Å². The first-order valence-corrected chi connectivity index (χ1v) is 10.00. The summed E-state index contributed by atoms with van der Waals surface area (Å²) in [7, 11) is 0. The zero-order valence-corrected chi connectivity index (χ0v) is 16.0. The highest BCUT2D eigenvalue weighted by Crippen LogP contribution is 2.38. The number of H-pyrrole nitrogens is 1. The molecule has 1 N–H and O–H groups in total. The number of fused-ring (bicyclic) bond motifs is 1. The van der Waals surface area contributed by atoms with E-state index in [2.05, 4.69) is 29.3 Å². The van der Waals surface area contributed by atoms with Crippen molar-refractivity contribution in [2.24, 2.45) is 0 Å². The molecule has 0 aliphatic carbocycles. The predicted molar refractivity (Wildman–Crippen MR) is 109 cm³/mol. The van der Waals surface area contributed by atoms with Crippen LogP contribution in [0, 0.1) is 0 Å². The molecule has 27 heavy (non-hydrogen) atoms. The number of aromatic nitrogens is 2. The molecule has 0 bridgehead atoms. The Labute approximate surface area is 161 Å². The number of carbonyl (C=O) groups is 1. The first kappa shape index (κ1) is 17.8. The Balaban J connectivity index is 1.59. The minimum atomic E-state index is -0.267. The molecule has 1 atom stereocenters. The highest BCUT2D eigenvalue weighted by molar-refractivity contribution is 8.00. The van der Waals surface area contributed by atoms with Gasteiger partial charge < -0.3 is 4.90 Å². The van der Waals surface area contributed by atoms with Crippen molar-refractivity contribution >= 4 is 28.4 Å². The maximum Gasteiger partial charge on any atom is 0.272 e. The Bertz CT molecular complexity index is 1030. The molecular formula is C21H21N3O2S. The highest BCUT2D eigenvalue weighted by Gasteiger charge is 2.40. The molecule has 1 saturated heterocycles. The van der Waals surface area contributed by atoms with E-state index < -0.39 is 0 Å². The number of thioether (sulfide) groups is 1. The van der Waals surface area contributed by atoms with Crippen LogP contribution in [0.25, 0.3) is 10.8 Å². The number of carbonyl (C=O) groups excluding carboxylic acids is 1. The maximum absolute atomic E-state index is 13.1. The lowest BCUT2D eigenvalue weighted by molar-refractivity contribution is -0.132. The molecule has 6 heteroatoms. The molecule has 2 aromatic carbocycles. The van der Waals surface area contributed by atoms with Crippen molar-refractivity contribution in [3.05, 3.63) is 76.2 Å². The monoisotopic (exact) mass is 379 g/mol. The van der Waals surface area contributed by atoms with Crippen LogP contribution in [0.4, 0.5) is 0 Å². The van der Waals surface area contributed by atoms with Crippen LogP contribution < -0.4 is 5.56 Å². The predicted octanol–water partition coefficient (Wildman–Crippen LogP) is 3.00. The summed E-state index contributed by atoms with van der Waals surface area (Å²) in [6.45, 7) is 2.86. The number of aromatic amines is 1. The van der Waals surface area contributed by atoms with Crippen LogP contribution in [0.15, 0.2) is 59.4 Å². The van der Waals surface area contributed by atoms with Crippen molar-refractivity contribution < 1.29 is 4.79 Å². The van der Waals surface area contributed by atoms with Crippen LogP contribution in [0.2, 0.25) is 0 Å². The molecule has 138 valence electrons. The van der Waals surface area contributed by atoms with Crippen LogP contribution in [-0.4, -0.2) is 38.2 Å². The zero-order valence-electron chi connectivity index (χ0n) is 15.1. The second kappa shape index (κ2) is 7.19. The summed E-state index contributed by atoms with van der Waals surface area (Å²) >= 11 is 1.82. The van der Waals surface area contributed by atoms with E-state index in [1.54, 1.807) is 6.07 Å². The van der Waals surface area contributed by atoms with Crippen molar-refractivity contribution in [2.75, 3.05) is 12.3 Å². The Kier molecular flexibility index (Phi) is 4.74. The summed E-state index contributed by atoms with van der Waals surface area (Å²) < 4.78 is 0. The van der Waals surface area contributed by atoms with Crippen molar-refractivity contribution in [3.8, 4) is 0 Å². The summed E-state index contributed by atoms with van der Waals surface area (Å²) in [5.74, 6) is 0.970. The van der Waals surface area contributed by atoms with Gasteiger partial charge in [-0.2, -0.15) is 5.10 Å². The maximum atomic E-state index is 13.1. The second-order valence-corrected chi connectivity index (χ2v) is 8.53. The van der Waals surface area contributed by atoms with E-state index in [0.717, 1.165) is 24.1 Å². The number of nitrogens with one attached hydrogen (secondary N) is 1. The van der Waals surface area contributed by atoms with Gasteiger partial charge in [-0.1, -0.05) is 48.5 Å². The number of hydrogen-bond acceptors (Lipinski definition) is 4. The summed E-state index contributed by atoms with van der Waals surface area (Å²) in [4.78, 5) is 26.8. The summed E-state index contributed by atoms with van der Waals surface area (Å²) in [6.07, 6.45) is 0.992. The van der Waals surface area contributed by atoms with Crippen LogP contribution in [0.1, 0.15) is 18.2 Å². The Morgan fingerprint density at radius 1 is 1.15 bits per heavy atom. The van der Waals surface area contributed by atoms with Gasteiger partial charge in [-0.05, 0) is 18.6 Å². The summed E-state index contributed by atoms with van der Waals surface area (Å²) in [5, 5.41) is 7.99. The molecule has 4 rings (SSSR count). The fourth-order valence-electron chi connectivity index (χ4n) is 3.73. The van der Waals surface area contributed by atoms with Gasteiger partial charge in [0.05, 0.1) is 22.4 Å². The molecule has 3 aromatic rings. The molecule has 0 saturated carbocycles. The molecule has 1 fully saturated rings. The Morgan fingerprint density at radius 2 is 1.85 bits per heavy atom. The van der Waals surface area contributed by atoms with Gasteiger partial charge in [0.15, 0.2) is 0 Å². The largest absolute Gasteiger partial charge is 0.327 e. The fraction of sp³-hybridized carbons (Fsp3) is 0.286. The molecule has 5 nitrogen and oxygen atoms in total. The molecule has 0 spiro atoms. The van der Waals surface area contributed by atoms with Crippen LogP contribution in [0.5, 0.6) is 0 Å². The quantitative estimate of drug-likeness (QED) is 0.757. The van der Waals surface area contributed by atoms with Gasteiger partial charge in [0.2, 0.25) is 5.91 Å². The number of hydrogen-bond donors (Lipinski definition) is 1. The lowest BCUT2D eigenvalue weighted by Crippen LogP contribution is -2.46. The molecule has 1 amide bonds. The van der Waals surface area contributed by atoms with E-state index in [9.17, 15) is 9.59 Å². The van der Waals surface area contributed by atoms with E-state index in [-0.39, 0.29) is 22.8 Å². The SMILES string of the molecule is CC1(Cc2ccccc2)SCCN1C(=O)Cc1n[nH]c(=O)c2ccccc12. The van der Waals surface area contributed by atoms with E-state index in [0.29, 0.717) is 11.1 Å². The molecule has 2 heterocycles. The first-order valence-electron chi connectivity index (χ1n) is 9.01. The third kappa shape index (κ3) is 3.49. The van der Waals surface area contributed by atoms with Gasteiger partial charge in [0.25, 0.3) is 5.56 Å². The number of amides is 1. The third-order valence-electron chi connectivity index (χ3n) is 5.07. The number of nitrogens with zero attached hydrogens (tertiary/aromatic N) is 2. The van der Waals surface area contributed by atoms with Crippen LogP contribution in [-0.2, 0) is 17.6 Å². The average molecular weight is 379 g/mol. The number of benzene rings is 2. The second-order valence-electron chi connectivity index (χ2n) is 6.95. The van der Waals surface area contributed by atoms with Gasteiger partial charge in [-0.15, -0.1) is 11.8 Å². The molecular weight excluding hydrogens is 358 g/mol. The fourth-order valence-corrected chi connectivity index (χ4v) is 5.06. The lowest BCUT2D eigenvalue weighted by Gasteiger charge is -2.34. The zero-order chi connectivity index (χ0) is 18.9. The smallest absolute Gasteiger partial charge is 0.272 e. The van der Waals surface area contributed by atoms with Gasteiger partial charge >= 0.3 is 0 Å². The lowest BCUT2D eigenvalue weighted by atomic mass is 10.0. The first-order chi connectivity index (χ1) is 13.1. The van der Waals surface area contributed by atoms with Crippen molar-refractivity contribution in [1.29, 1.82) is 0 Å². The Hall–Kier alpha value is -2.60. The Morgan fingerprint density at radius 3 is 2.63 bits per heavy atom. The molecule has 1 aliphatic rings.